The number of benzene rings is 1. The molecule has 0 spiro atoms. The number of hydrogen-bond acceptors (Lipinski definition) is 7. The maximum absolute atomic E-state index is 11.8. The SMILES string of the molecule is O=C(COC(=O)c1ccc(Cl)c(Cl)c1)Nc1ncc([N+](=O)[O-])s1. The summed E-state index contributed by atoms with van der Waals surface area (Å²) in [5.74, 6) is -1.44. The summed E-state index contributed by atoms with van der Waals surface area (Å²) < 4.78 is 4.80. The van der Waals surface area contributed by atoms with Gasteiger partial charge >= 0.3 is 11.0 Å². The van der Waals surface area contributed by atoms with Crippen LogP contribution in [0.25, 0.3) is 0 Å². The van der Waals surface area contributed by atoms with E-state index in [2.05, 4.69) is 10.3 Å². The number of esters is 1. The molecule has 0 bridgehead atoms. The number of ether oxygens (including phenoxy) is 1. The van der Waals surface area contributed by atoms with E-state index in [1.165, 1.54) is 18.2 Å². The van der Waals surface area contributed by atoms with Gasteiger partial charge in [0.15, 0.2) is 11.7 Å². The van der Waals surface area contributed by atoms with Crippen molar-refractivity contribution in [3.8, 4) is 0 Å². The van der Waals surface area contributed by atoms with Crippen LogP contribution in [-0.4, -0.2) is 28.4 Å². The lowest BCUT2D eigenvalue weighted by atomic mass is 10.2. The van der Waals surface area contributed by atoms with E-state index < -0.39 is 23.4 Å². The third-order valence-corrected chi connectivity index (χ3v) is 4.01. The average Bonchev–Trinajstić information content (AvgIpc) is 2.96. The summed E-state index contributed by atoms with van der Waals surface area (Å²) in [6, 6.07) is 4.14. The Morgan fingerprint density at radius 2 is 2.09 bits per heavy atom. The molecule has 1 aromatic carbocycles. The highest BCUT2D eigenvalue weighted by atomic mass is 35.5. The second-order valence-corrected chi connectivity index (χ2v) is 5.84. The van der Waals surface area contributed by atoms with Gasteiger partial charge in [0.25, 0.3) is 5.91 Å². The summed E-state index contributed by atoms with van der Waals surface area (Å²) >= 11 is 12.2. The van der Waals surface area contributed by atoms with E-state index in [0.717, 1.165) is 6.20 Å². The van der Waals surface area contributed by atoms with Gasteiger partial charge in [-0.1, -0.05) is 23.2 Å². The number of aromatic nitrogens is 1. The predicted octanol–water partition coefficient (Wildman–Crippen LogP) is 3.15. The summed E-state index contributed by atoms with van der Waals surface area (Å²) in [7, 11) is 0. The first-order valence-electron chi connectivity index (χ1n) is 5.89. The fourth-order valence-corrected chi connectivity index (χ4v) is 2.35. The van der Waals surface area contributed by atoms with Crippen LogP contribution in [0.5, 0.6) is 0 Å². The van der Waals surface area contributed by atoms with Crippen molar-refractivity contribution in [1.82, 2.24) is 4.98 Å². The minimum absolute atomic E-state index is 0.0345. The Labute approximate surface area is 143 Å². The summed E-state index contributed by atoms with van der Waals surface area (Å²) in [6.45, 7) is -0.577. The topological polar surface area (TPSA) is 111 Å². The van der Waals surface area contributed by atoms with E-state index in [-0.39, 0.29) is 25.7 Å². The molecule has 1 aromatic heterocycles. The van der Waals surface area contributed by atoms with E-state index in [1.54, 1.807) is 0 Å². The van der Waals surface area contributed by atoms with Crippen LogP contribution < -0.4 is 5.32 Å². The molecule has 2 aromatic rings. The maximum atomic E-state index is 11.8. The third-order valence-electron chi connectivity index (χ3n) is 2.41. The molecule has 1 amide bonds. The Morgan fingerprint density at radius 1 is 1.35 bits per heavy atom. The lowest BCUT2D eigenvalue weighted by Gasteiger charge is -2.05. The molecule has 0 aliphatic carbocycles. The zero-order chi connectivity index (χ0) is 17.0. The van der Waals surface area contributed by atoms with E-state index >= 15 is 0 Å². The number of anilines is 1. The van der Waals surface area contributed by atoms with Crippen LogP contribution in [0.2, 0.25) is 10.0 Å². The Morgan fingerprint density at radius 3 is 2.70 bits per heavy atom. The van der Waals surface area contributed by atoms with Crippen molar-refractivity contribution in [2.75, 3.05) is 11.9 Å². The van der Waals surface area contributed by atoms with E-state index in [0.29, 0.717) is 11.3 Å². The number of nitro groups is 1. The highest BCUT2D eigenvalue weighted by molar-refractivity contribution is 7.18. The highest BCUT2D eigenvalue weighted by Gasteiger charge is 2.15. The molecule has 0 fully saturated rings. The van der Waals surface area contributed by atoms with Crippen LogP contribution in [0.1, 0.15) is 10.4 Å². The summed E-state index contributed by atoms with van der Waals surface area (Å²) in [5.41, 5.74) is 0.136. The molecule has 120 valence electrons. The van der Waals surface area contributed by atoms with Gasteiger partial charge < -0.3 is 4.74 Å². The van der Waals surface area contributed by atoms with Crippen LogP contribution in [0, 0.1) is 10.1 Å². The molecule has 1 heterocycles. The summed E-state index contributed by atoms with van der Waals surface area (Å²) in [4.78, 5) is 36.9. The molecule has 8 nitrogen and oxygen atoms in total. The Kier molecular flexibility index (Phi) is 5.48. The van der Waals surface area contributed by atoms with Gasteiger partial charge in [-0.2, -0.15) is 0 Å². The molecule has 0 aliphatic heterocycles. The molecule has 0 saturated heterocycles. The molecule has 0 radical (unpaired) electrons. The average molecular weight is 376 g/mol. The van der Waals surface area contributed by atoms with E-state index in [4.69, 9.17) is 27.9 Å². The van der Waals surface area contributed by atoms with Crippen molar-refractivity contribution >= 4 is 56.5 Å². The smallest absolute Gasteiger partial charge is 0.345 e. The van der Waals surface area contributed by atoms with Gasteiger partial charge in [-0.15, -0.1) is 0 Å². The number of thiazole rings is 1. The first-order chi connectivity index (χ1) is 10.9. The number of hydrogen-bond donors (Lipinski definition) is 1. The Hall–Kier alpha value is -2.23. The molecule has 23 heavy (non-hydrogen) atoms. The van der Waals surface area contributed by atoms with Crippen molar-refractivity contribution in [3.63, 3.8) is 0 Å². The van der Waals surface area contributed by atoms with E-state index in [1.807, 2.05) is 0 Å². The quantitative estimate of drug-likeness (QED) is 0.487. The minimum atomic E-state index is -0.760. The standard InChI is InChI=1S/C12H7Cl2N3O5S/c13-7-2-1-6(3-8(7)14)11(19)22-5-9(18)16-12-15-4-10(23-12)17(20)21/h1-4H,5H2,(H,15,16,18). The van der Waals surface area contributed by atoms with Crippen molar-refractivity contribution in [1.29, 1.82) is 0 Å². The monoisotopic (exact) mass is 375 g/mol. The van der Waals surface area contributed by atoms with Gasteiger partial charge in [0.2, 0.25) is 0 Å². The molecule has 0 atom stereocenters. The lowest BCUT2D eigenvalue weighted by molar-refractivity contribution is -0.380. The van der Waals surface area contributed by atoms with Gasteiger partial charge in [0, 0.05) is 0 Å². The number of carbonyl (C=O) groups excluding carboxylic acids is 2. The molecular formula is C12H7Cl2N3O5S. The molecule has 2 rings (SSSR count). The third kappa shape index (κ3) is 4.62. The molecule has 11 heteroatoms. The van der Waals surface area contributed by atoms with Crippen LogP contribution in [-0.2, 0) is 9.53 Å². The molecule has 0 saturated carbocycles. The molecular weight excluding hydrogens is 369 g/mol. The van der Waals surface area contributed by atoms with Gasteiger partial charge in [0.1, 0.15) is 6.20 Å². The molecule has 1 N–H and O–H groups in total. The number of rotatable bonds is 5. The maximum Gasteiger partial charge on any atom is 0.345 e. The number of amides is 1. The lowest BCUT2D eigenvalue weighted by Crippen LogP contribution is -2.20. The fourth-order valence-electron chi connectivity index (χ4n) is 1.40. The number of nitrogens with one attached hydrogen (secondary N) is 1. The van der Waals surface area contributed by atoms with Gasteiger partial charge in [-0.25, -0.2) is 9.78 Å². The van der Waals surface area contributed by atoms with Gasteiger partial charge in [0.05, 0.1) is 20.5 Å². The van der Waals surface area contributed by atoms with Crippen LogP contribution in [0.4, 0.5) is 10.1 Å². The van der Waals surface area contributed by atoms with Crippen LogP contribution >= 0.6 is 34.5 Å². The predicted molar refractivity (Wildman–Crippen MR) is 84.1 cm³/mol. The normalized spacial score (nSPS) is 10.2. The van der Waals surface area contributed by atoms with Crippen molar-refractivity contribution in [3.05, 3.63) is 50.1 Å². The van der Waals surface area contributed by atoms with Crippen molar-refractivity contribution < 1.29 is 19.2 Å². The Balaban J connectivity index is 1.89. The van der Waals surface area contributed by atoms with Crippen LogP contribution in [0.3, 0.4) is 0 Å². The largest absolute Gasteiger partial charge is 0.452 e. The van der Waals surface area contributed by atoms with Crippen molar-refractivity contribution in [2.45, 2.75) is 0 Å². The molecule has 0 unspecified atom stereocenters. The highest BCUT2D eigenvalue weighted by Crippen LogP contribution is 2.25. The first-order valence-corrected chi connectivity index (χ1v) is 7.46. The minimum Gasteiger partial charge on any atom is -0.452 e. The number of halogens is 2. The van der Waals surface area contributed by atoms with Gasteiger partial charge in [-0.3, -0.25) is 20.2 Å². The van der Waals surface area contributed by atoms with Crippen molar-refractivity contribution in [2.24, 2.45) is 0 Å². The molecule has 0 aliphatic rings. The second kappa shape index (κ2) is 7.36. The van der Waals surface area contributed by atoms with Crippen LogP contribution in [0.15, 0.2) is 24.4 Å². The summed E-state index contributed by atoms with van der Waals surface area (Å²) in [6.07, 6.45) is 1.02. The zero-order valence-electron chi connectivity index (χ0n) is 11.1. The number of carbonyl (C=O) groups is 2. The zero-order valence-corrected chi connectivity index (χ0v) is 13.4. The van der Waals surface area contributed by atoms with Gasteiger partial charge in [-0.05, 0) is 29.5 Å². The number of nitrogens with zero attached hydrogens (tertiary/aromatic N) is 2. The summed E-state index contributed by atoms with van der Waals surface area (Å²) in [5, 5.41) is 13.1. The fraction of sp³-hybridized carbons (Fsp3) is 0.0833. The Bertz CT molecular complexity index is 780. The van der Waals surface area contributed by atoms with E-state index in [9.17, 15) is 19.7 Å². The first kappa shape index (κ1) is 17.1. The second-order valence-electron chi connectivity index (χ2n) is 4.01.